The fourth-order valence-corrected chi connectivity index (χ4v) is 2.35. The molecular weight excluding hydrogens is 228 g/mol. The van der Waals surface area contributed by atoms with Crippen molar-refractivity contribution in [2.24, 2.45) is 0 Å². The van der Waals surface area contributed by atoms with Gasteiger partial charge in [0.2, 0.25) is 0 Å². The first-order valence-corrected chi connectivity index (χ1v) is 5.89. The van der Waals surface area contributed by atoms with Crippen molar-refractivity contribution in [2.75, 3.05) is 6.61 Å². The van der Waals surface area contributed by atoms with Gasteiger partial charge in [0.05, 0.1) is 0 Å². The fraction of sp³-hybridized carbons (Fsp3) is 0.200. The largest absolute Gasteiger partial charge is 0.490 e. The summed E-state index contributed by atoms with van der Waals surface area (Å²) in [7, 11) is 0. The number of hydrogen-bond donors (Lipinski definition) is 2. The van der Waals surface area contributed by atoms with Crippen molar-refractivity contribution >= 4 is 0 Å². The molecule has 2 N–H and O–H groups in total. The number of para-hydroxylation sites is 1. The summed E-state index contributed by atoms with van der Waals surface area (Å²) in [5.74, 6) is 0.634. The van der Waals surface area contributed by atoms with Crippen LogP contribution in [-0.2, 0) is 5.60 Å². The Hall–Kier alpha value is -1.84. The van der Waals surface area contributed by atoms with Crippen LogP contribution in [0.1, 0.15) is 17.2 Å². The maximum Gasteiger partial charge on any atom is 0.157 e. The molecule has 3 heteroatoms. The molecule has 0 unspecified atom stereocenters. The molecule has 0 saturated carbocycles. The summed E-state index contributed by atoms with van der Waals surface area (Å²) in [6, 6.07) is 16.4. The normalized spacial score (nSPS) is 23.2. The second-order valence-electron chi connectivity index (χ2n) is 4.52. The number of rotatable bonds is 2. The molecule has 1 aliphatic rings. The number of ether oxygens (including phenoxy) is 1. The quantitative estimate of drug-likeness (QED) is 0.846. The van der Waals surface area contributed by atoms with Crippen LogP contribution in [-0.4, -0.2) is 16.8 Å². The van der Waals surface area contributed by atoms with E-state index in [1.54, 1.807) is 24.3 Å². The van der Waals surface area contributed by atoms with Crippen molar-refractivity contribution in [3.05, 3.63) is 65.7 Å². The molecular formula is C15H14O3. The van der Waals surface area contributed by atoms with Crippen LogP contribution in [0, 0.1) is 0 Å². The van der Waals surface area contributed by atoms with Gasteiger partial charge in [0.25, 0.3) is 0 Å². The SMILES string of the molecule is O[C@H](c1ccccc1)[C@]1(O)COc2ccccc21. The molecule has 0 bridgehead atoms. The van der Waals surface area contributed by atoms with Gasteiger partial charge in [-0.05, 0) is 11.6 Å². The smallest absolute Gasteiger partial charge is 0.157 e. The molecule has 0 radical (unpaired) electrons. The molecule has 0 aromatic heterocycles. The van der Waals surface area contributed by atoms with Gasteiger partial charge in [-0.1, -0.05) is 48.5 Å². The lowest BCUT2D eigenvalue weighted by atomic mass is 9.86. The average Bonchev–Trinajstić information content (AvgIpc) is 2.78. The van der Waals surface area contributed by atoms with Crippen LogP contribution >= 0.6 is 0 Å². The van der Waals surface area contributed by atoms with Crippen LogP contribution in [0.2, 0.25) is 0 Å². The van der Waals surface area contributed by atoms with Crippen LogP contribution in [0.25, 0.3) is 0 Å². The van der Waals surface area contributed by atoms with E-state index < -0.39 is 11.7 Å². The van der Waals surface area contributed by atoms with Crippen molar-refractivity contribution < 1.29 is 14.9 Å². The number of aliphatic hydroxyl groups excluding tert-OH is 1. The highest BCUT2D eigenvalue weighted by Crippen LogP contribution is 2.44. The maximum atomic E-state index is 10.7. The summed E-state index contributed by atoms with van der Waals surface area (Å²) in [6.07, 6.45) is -0.998. The molecule has 3 nitrogen and oxygen atoms in total. The molecule has 92 valence electrons. The van der Waals surface area contributed by atoms with Crippen molar-refractivity contribution in [1.82, 2.24) is 0 Å². The van der Waals surface area contributed by atoms with E-state index in [-0.39, 0.29) is 6.61 Å². The van der Waals surface area contributed by atoms with Crippen LogP contribution in [0.4, 0.5) is 0 Å². The van der Waals surface area contributed by atoms with Crippen LogP contribution < -0.4 is 4.74 Å². The first kappa shape index (κ1) is 11.3. The van der Waals surface area contributed by atoms with Gasteiger partial charge < -0.3 is 14.9 Å². The van der Waals surface area contributed by atoms with E-state index in [1.165, 1.54) is 0 Å². The molecule has 1 aliphatic heterocycles. The number of hydrogen-bond acceptors (Lipinski definition) is 3. The second kappa shape index (κ2) is 4.12. The lowest BCUT2D eigenvalue weighted by Gasteiger charge is -2.27. The third kappa shape index (κ3) is 1.60. The summed E-state index contributed by atoms with van der Waals surface area (Å²) in [4.78, 5) is 0. The van der Waals surface area contributed by atoms with Gasteiger partial charge in [-0.15, -0.1) is 0 Å². The van der Waals surface area contributed by atoms with Gasteiger partial charge in [0, 0.05) is 5.56 Å². The van der Waals surface area contributed by atoms with Crippen LogP contribution in [0.5, 0.6) is 5.75 Å². The van der Waals surface area contributed by atoms with Crippen molar-refractivity contribution in [3.63, 3.8) is 0 Å². The maximum absolute atomic E-state index is 10.7. The van der Waals surface area contributed by atoms with Gasteiger partial charge in [0.1, 0.15) is 18.5 Å². The summed E-state index contributed by atoms with van der Waals surface area (Å²) in [6.45, 7) is 0.0718. The first-order valence-electron chi connectivity index (χ1n) is 5.89. The third-order valence-electron chi connectivity index (χ3n) is 3.37. The molecule has 0 amide bonds. The summed E-state index contributed by atoms with van der Waals surface area (Å²) in [5, 5.41) is 21.1. The Morgan fingerprint density at radius 1 is 1.00 bits per heavy atom. The van der Waals surface area contributed by atoms with Gasteiger partial charge in [-0.3, -0.25) is 0 Å². The number of fused-ring (bicyclic) bond motifs is 1. The molecule has 2 aromatic carbocycles. The van der Waals surface area contributed by atoms with E-state index in [1.807, 2.05) is 30.3 Å². The predicted octanol–water partition coefficient (Wildman–Crippen LogP) is 2.00. The molecule has 3 rings (SSSR count). The van der Waals surface area contributed by atoms with Crippen molar-refractivity contribution in [3.8, 4) is 5.75 Å². The summed E-state index contributed by atoms with van der Waals surface area (Å²) in [5.41, 5.74) is -0.0561. The van der Waals surface area contributed by atoms with Crippen LogP contribution in [0.15, 0.2) is 54.6 Å². The van der Waals surface area contributed by atoms with Crippen molar-refractivity contribution in [2.45, 2.75) is 11.7 Å². The molecule has 2 aromatic rings. The van der Waals surface area contributed by atoms with Gasteiger partial charge >= 0.3 is 0 Å². The Morgan fingerprint density at radius 3 is 2.44 bits per heavy atom. The highest BCUT2D eigenvalue weighted by Gasteiger charge is 2.45. The highest BCUT2D eigenvalue weighted by molar-refractivity contribution is 5.43. The highest BCUT2D eigenvalue weighted by atomic mass is 16.5. The zero-order chi connectivity index (χ0) is 12.6. The lowest BCUT2D eigenvalue weighted by molar-refractivity contribution is -0.0912. The molecule has 0 saturated heterocycles. The number of benzene rings is 2. The Labute approximate surface area is 105 Å². The minimum atomic E-state index is -1.38. The molecule has 0 fully saturated rings. The second-order valence-corrected chi connectivity index (χ2v) is 4.52. The monoisotopic (exact) mass is 242 g/mol. The molecule has 2 atom stereocenters. The molecule has 0 spiro atoms. The van der Waals surface area contributed by atoms with E-state index >= 15 is 0 Å². The van der Waals surface area contributed by atoms with Crippen LogP contribution in [0.3, 0.4) is 0 Å². The van der Waals surface area contributed by atoms with Gasteiger partial charge in [-0.2, -0.15) is 0 Å². The molecule has 18 heavy (non-hydrogen) atoms. The van der Waals surface area contributed by atoms with Gasteiger partial charge in [-0.25, -0.2) is 0 Å². The molecule has 0 aliphatic carbocycles. The molecule has 1 heterocycles. The Morgan fingerprint density at radius 2 is 1.67 bits per heavy atom. The number of aliphatic hydroxyl groups is 2. The Kier molecular flexibility index (Phi) is 2.58. The van der Waals surface area contributed by atoms with E-state index in [2.05, 4.69) is 0 Å². The average molecular weight is 242 g/mol. The predicted molar refractivity (Wildman–Crippen MR) is 67.2 cm³/mol. The topological polar surface area (TPSA) is 49.7 Å². The minimum Gasteiger partial charge on any atom is -0.490 e. The summed E-state index contributed by atoms with van der Waals surface area (Å²) < 4.78 is 5.45. The Balaban J connectivity index is 2.02. The van der Waals surface area contributed by atoms with E-state index in [0.29, 0.717) is 16.9 Å². The fourth-order valence-electron chi connectivity index (χ4n) is 2.35. The van der Waals surface area contributed by atoms with Gasteiger partial charge in [0.15, 0.2) is 5.60 Å². The van der Waals surface area contributed by atoms with E-state index in [4.69, 9.17) is 4.74 Å². The van der Waals surface area contributed by atoms with Crippen molar-refractivity contribution in [1.29, 1.82) is 0 Å². The third-order valence-corrected chi connectivity index (χ3v) is 3.37. The summed E-state index contributed by atoms with van der Waals surface area (Å²) >= 11 is 0. The first-order chi connectivity index (χ1) is 8.72. The minimum absolute atomic E-state index is 0.0718. The standard InChI is InChI=1S/C15H14O3/c16-14(11-6-2-1-3-7-11)15(17)10-18-13-9-5-4-8-12(13)15/h1-9,14,16-17H,10H2/t14-,15+/m1/s1. The van der Waals surface area contributed by atoms with E-state index in [9.17, 15) is 10.2 Å². The zero-order valence-electron chi connectivity index (χ0n) is 9.78. The zero-order valence-corrected chi connectivity index (χ0v) is 9.78. The van der Waals surface area contributed by atoms with E-state index in [0.717, 1.165) is 0 Å². The lowest BCUT2D eigenvalue weighted by Crippen LogP contribution is -2.35. The Bertz CT molecular complexity index is 553.